The number of benzene rings is 3. The van der Waals surface area contributed by atoms with Gasteiger partial charge in [0.05, 0.1) is 22.8 Å². The van der Waals surface area contributed by atoms with Gasteiger partial charge in [0, 0.05) is 0 Å². The fourth-order valence-electron chi connectivity index (χ4n) is 4.20. The Hall–Kier alpha value is -3.45. The van der Waals surface area contributed by atoms with E-state index in [1.165, 1.54) is 28.5 Å². The number of carbonyl (C=O) groups is 1. The topological polar surface area (TPSA) is 63.9 Å². The van der Waals surface area contributed by atoms with Gasteiger partial charge in [0.15, 0.2) is 0 Å². The van der Waals surface area contributed by atoms with Crippen molar-refractivity contribution in [1.82, 2.24) is 20.2 Å². The number of fused-ring (bicyclic) bond motifs is 2. The average Bonchev–Trinajstić information content (AvgIpc) is 3.19. The smallest absolute Gasteiger partial charge is 0.242 e. The van der Waals surface area contributed by atoms with Crippen LogP contribution in [0.2, 0.25) is 0 Å². The van der Waals surface area contributed by atoms with Crippen molar-refractivity contribution in [2.75, 3.05) is 10.7 Å². The molecule has 0 fully saturated rings. The number of anilines is 2. The summed E-state index contributed by atoms with van der Waals surface area (Å²) in [5.74, 6) is 0.237. The predicted octanol–water partition coefficient (Wildman–Crippen LogP) is 4.83. The summed E-state index contributed by atoms with van der Waals surface area (Å²) < 4.78 is 1.71. The number of hydrogen-bond acceptors (Lipinski definition) is 5. The van der Waals surface area contributed by atoms with Gasteiger partial charge in [-0.15, -0.1) is 5.10 Å². The number of rotatable bonds is 4. The number of carbonyl (C=O) groups excluding carboxylic acids is 1. The number of nitrogens with zero attached hydrogens (tertiary/aromatic N) is 5. The lowest BCUT2D eigenvalue weighted by atomic mass is 10.0. The van der Waals surface area contributed by atoms with Crippen LogP contribution < -0.4 is 4.90 Å². The molecule has 0 N–H and O–H groups in total. The van der Waals surface area contributed by atoms with Gasteiger partial charge in [0.25, 0.3) is 0 Å². The van der Waals surface area contributed by atoms with E-state index >= 15 is 0 Å². The number of para-hydroxylation sites is 2. The Labute approximate surface area is 191 Å². The van der Waals surface area contributed by atoms with E-state index in [4.69, 9.17) is 0 Å². The van der Waals surface area contributed by atoms with Crippen molar-refractivity contribution in [1.29, 1.82) is 0 Å². The monoisotopic (exact) mass is 441 g/mol. The molecular formula is C25H23N5OS. The lowest BCUT2D eigenvalue weighted by molar-refractivity contribution is -0.115. The zero-order valence-electron chi connectivity index (χ0n) is 18.0. The summed E-state index contributed by atoms with van der Waals surface area (Å²) in [6.45, 7) is 4.09. The zero-order chi connectivity index (χ0) is 22.1. The molecule has 1 aliphatic heterocycles. The molecule has 0 bridgehead atoms. The molecule has 1 amide bonds. The van der Waals surface area contributed by atoms with Gasteiger partial charge in [-0.25, -0.2) is 0 Å². The van der Waals surface area contributed by atoms with Crippen molar-refractivity contribution in [3.05, 3.63) is 89.0 Å². The summed E-state index contributed by atoms with van der Waals surface area (Å²) in [6, 6.07) is 22.4. The molecule has 160 valence electrons. The molecule has 5 rings (SSSR count). The quantitative estimate of drug-likeness (QED) is 0.424. The minimum Gasteiger partial charge on any atom is -0.280 e. The van der Waals surface area contributed by atoms with Crippen molar-refractivity contribution in [2.24, 2.45) is 0 Å². The highest BCUT2D eigenvalue weighted by molar-refractivity contribution is 7.99. The van der Waals surface area contributed by atoms with Gasteiger partial charge in [-0.1, -0.05) is 65.9 Å². The first-order chi connectivity index (χ1) is 15.6. The molecule has 0 saturated carbocycles. The van der Waals surface area contributed by atoms with Gasteiger partial charge < -0.3 is 0 Å². The molecule has 1 aromatic heterocycles. The lowest BCUT2D eigenvalue weighted by Crippen LogP contribution is -2.28. The van der Waals surface area contributed by atoms with E-state index in [0.29, 0.717) is 5.16 Å². The van der Waals surface area contributed by atoms with Gasteiger partial charge in [-0.3, -0.25) is 9.69 Å². The summed E-state index contributed by atoms with van der Waals surface area (Å²) in [5.41, 5.74) is 7.46. The fraction of sp³-hybridized carbons (Fsp3) is 0.200. The Morgan fingerprint density at radius 2 is 1.56 bits per heavy atom. The molecule has 2 heterocycles. The van der Waals surface area contributed by atoms with E-state index in [0.717, 1.165) is 35.5 Å². The van der Waals surface area contributed by atoms with E-state index in [2.05, 4.69) is 40.6 Å². The molecule has 7 heteroatoms. The molecule has 6 nitrogen and oxygen atoms in total. The second-order valence-electron chi connectivity index (χ2n) is 7.94. The van der Waals surface area contributed by atoms with E-state index in [9.17, 15) is 4.79 Å². The Bertz CT molecular complexity index is 1250. The SMILES string of the molecule is Cc1ccc(-n2nnnc2SCC(=O)N2c3ccccc3CCc3ccccc32)c(C)c1. The van der Waals surface area contributed by atoms with Crippen LogP contribution in [0, 0.1) is 13.8 Å². The molecule has 0 radical (unpaired) electrons. The largest absolute Gasteiger partial charge is 0.280 e. The van der Waals surface area contributed by atoms with Crippen LogP contribution in [-0.4, -0.2) is 31.9 Å². The van der Waals surface area contributed by atoms with Gasteiger partial charge in [-0.05, 0) is 72.0 Å². The van der Waals surface area contributed by atoms with Crippen LogP contribution in [0.1, 0.15) is 22.3 Å². The first-order valence-corrected chi connectivity index (χ1v) is 11.6. The molecule has 0 saturated heterocycles. The molecule has 1 aliphatic rings. The molecule has 4 aromatic rings. The Balaban J connectivity index is 1.44. The first-order valence-electron chi connectivity index (χ1n) is 10.6. The van der Waals surface area contributed by atoms with Crippen LogP contribution in [0.25, 0.3) is 5.69 Å². The van der Waals surface area contributed by atoms with Crippen molar-refractivity contribution >= 4 is 29.0 Å². The maximum Gasteiger partial charge on any atom is 0.242 e. The average molecular weight is 442 g/mol. The number of amides is 1. The van der Waals surface area contributed by atoms with Crippen LogP contribution in [0.3, 0.4) is 0 Å². The molecule has 3 aromatic carbocycles. The van der Waals surface area contributed by atoms with Crippen LogP contribution in [0.5, 0.6) is 0 Å². The number of tetrazole rings is 1. The highest BCUT2D eigenvalue weighted by Gasteiger charge is 2.26. The molecule has 32 heavy (non-hydrogen) atoms. The van der Waals surface area contributed by atoms with E-state index < -0.39 is 0 Å². The normalized spacial score (nSPS) is 12.8. The number of hydrogen-bond donors (Lipinski definition) is 0. The predicted molar refractivity (Wildman–Crippen MR) is 127 cm³/mol. The van der Waals surface area contributed by atoms with Crippen LogP contribution in [0.15, 0.2) is 71.9 Å². The lowest BCUT2D eigenvalue weighted by Gasteiger charge is -2.24. The molecule has 0 aliphatic carbocycles. The fourth-order valence-corrected chi connectivity index (χ4v) is 4.94. The summed E-state index contributed by atoms with van der Waals surface area (Å²) in [6.07, 6.45) is 1.82. The maximum absolute atomic E-state index is 13.6. The highest BCUT2D eigenvalue weighted by atomic mass is 32.2. The van der Waals surface area contributed by atoms with Gasteiger partial charge >= 0.3 is 0 Å². The van der Waals surface area contributed by atoms with E-state index in [1.54, 1.807) is 4.68 Å². The van der Waals surface area contributed by atoms with Gasteiger partial charge in [0.2, 0.25) is 11.1 Å². The third-order valence-electron chi connectivity index (χ3n) is 5.72. The molecule has 0 spiro atoms. The Morgan fingerprint density at radius 3 is 2.22 bits per heavy atom. The molecule has 0 unspecified atom stereocenters. The van der Waals surface area contributed by atoms with E-state index in [1.807, 2.05) is 60.4 Å². The standard InChI is InChI=1S/C25H23N5OS/c1-17-11-14-21(18(2)15-17)30-25(26-27-28-30)32-16-24(31)29-22-9-5-3-7-19(22)12-13-20-8-4-6-10-23(20)29/h3-11,14-15H,12-13,16H2,1-2H3. The van der Waals surface area contributed by atoms with Gasteiger partial charge in [0.1, 0.15) is 0 Å². The van der Waals surface area contributed by atoms with Gasteiger partial charge in [-0.2, -0.15) is 4.68 Å². The Morgan fingerprint density at radius 1 is 0.906 bits per heavy atom. The second kappa shape index (κ2) is 8.59. The van der Waals surface area contributed by atoms with E-state index in [-0.39, 0.29) is 11.7 Å². The first kappa shape index (κ1) is 20.5. The highest BCUT2D eigenvalue weighted by Crippen LogP contribution is 2.36. The second-order valence-corrected chi connectivity index (χ2v) is 8.88. The summed E-state index contributed by atoms with van der Waals surface area (Å²) in [7, 11) is 0. The van der Waals surface area contributed by atoms with Crippen LogP contribution >= 0.6 is 11.8 Å². The third-order valence-corrected chi connectivity index (χ3v) is 6.63. The number of thioether (sulfide) groups is 1. The summed E-state index contributed by atoms with van der Waals surface area (Å²) in [5, 5.41) is 12.8. The summed E-state index contributed by atoms with van der Waals surface area (Å²) in [4.78, 5) is 15.4. The zero-order valence-corrected chi connectivity index (χ0v) is 18.8. The van der Waals surface area contributed by atoms with Crippen molar-refractivity contribution in [2.45, 2.75) is 31.8 Å². The van der Waals surface area contributed by atoms with Crippen molar-refractivity contribution in [3.8, 4) is 5.69 Å². The Kier molecular flexibility index (Phi) is 5.49. The van der Waals surface area contributed by atoms with Crippen molar-refractivity contribution in [3.63, 3.8) is 0 Å². The minimum atomic E-state index is 0.00646. The van der Waals surface area contributed by atoms with Crippen molar-refractivity contribution < 1.29 is 4.79 Å². The number of aryl methyl sites for hydroxylation is 4. The minimum absolute atomic E-state index is 0.00646. The number of aromatic nitrogens is 4. The van der Waals surface area contributed by atoms with Crippen LogP contribution in [-0.2, 0) is 17.6 Å². The maximum atomic E-state index is 13.6. The third kappa shape index (κ3) is 3.80. The molecule has 0 atom stereocenters. The molecular weight excluding hydrogens is 418 g/mol. The van der Waals surface area contributed by atoms with Crippen LogP contribution in [0.4, 0.5) is 11.4 Å². The summed E-state index contributed by atoms with van der Waals surface area (Å²) >= 11 is 1.35.